The van der Waals surface area contributed by atoms with Crippen molar-refractivity contribution in [1.29, 1.82) is 0 Å². The Hall–Kier alpha value is -1.89. The predicted octanol–water partition coefficient (Wildman–Crippen LogP) is 1.88. The lowest BCUT2D eigenvalue weighted by Crippen LogP contribution is -2.46. The highest BCUT2D eigenvalue weighted by Gasteiger charge is 2.28. The molecule has 3 N–H and O–H groups in total. The van der Waals surface area contributed by atoms with Crippen LogP contribution in [0.3, 0.4) is 0 Å². The van der Waals surface area contributed by atoms with Crippen LogP contribution in [0.15, 0.2) is 30.5 Å². The monoisotopic (exact) mass is 332 g/mol. The van der Waals surface area contributed by atoms with Gasteiger partial charge >= 0.3 is 0 Å². The third-order valence-electron chi connectivity index (χ3n) is 4.41. The summed E-state index contributed by atoms with van der Waals surface area (Å²) in [4.78, 5) is 4.35. The number of ether oxygens (including phenoxy) is 3. The number of fused-ring (bicyclic) bond motifs is 1. The van der Waals surface area contributed by atoms with Crippen molar-refractivity contribution in [2.45, 2.75) is 37.5 Å². The zero-order valence-electron chi connectivity index (χ0n) is 13.9. The van der Waals surface area contributed by atoms with Gasteiger partial charge in [-0.2, -0.15) is 0 Å². The van der Waals surface area contributed by atoms with Gasteiger partial charge in [-0.25, -0.2) is 0 Å². The van der Waals surface area contributed by atoms with Crippen molar-refractivity contribution < 1.29 is 19.3 Å². The molecule has 1 fully saturated rings. The summed E-state index contributed by atoms with van der Waals surface area (Å²) in [6, 6.07) is 7.55. The second-order valence-corrected chi connectivity index (χ2v) is 6.05. The van der Waals surface area contributed by atoms with Crippen molar-refractivity contribution in [2.24, 2.45) is 5.73 Å². The minimum absolute atomic E-state index is 0.0144. The van der Waals surface area contributed by atoms with E-state index in [1.54, 1.807) is 13.3 Å². The Bertz CT molecular complexity index is 679. The highest BCUT2D eigenvalue weighted by Crippen LogP contribution is 2.28. The normalized spacial score (nSPS) is 24.0. The van der Waals surface area contributed by atoms with E-state index in [1.165, 1.54) is 0 Å². The molecular weight excluding hydrogens is 308 g/mol. The first kappa shape index (κ1) is 17.0. The summed E-state index contributed by atoms with van der Waals surface area (Å²) in [5.41, 5.74) is 6.90. The van der Waals surface area contributed by atoms with Crippen LogP contribution in [0.2, 0.25) is 0 Å². The first-order chi connectivity index (χ1) is 11.7. The Balaban J connectivity index is 1.69. The largest absolute Gasteiger partial charge is 0.497 e. The van der Waals surface area contributed by atoms with E-state index in [1.807, 2.05) is 24.3 Å². The molecule has 0 radical (unpaired) electrons. The Morgan fingerprint density at radius 1 is 1.33 bits per heavy atom. The lowest BCUT2D eigenvalue weighted by Gasteiger charge is -2.34. The highest BCUT2D eigenvalue weighted by molar-refractivity contribution is 5.86. The Kier molecular flexibility index (Phi) is 5.50. The first-order valence-corrected chi connectivity index (χ1v) is 8.28. The van der Waals surface area contributed by atoms with E-state index in [2.05, 4.69) is 4.98 Å². The molecule has 0 bridgehead atoms. The van der Waals surface area contributed by atoms with Crippen molar-refractivity contribution in [3.63, 3.8) is 0 Å². The Morgan fingerprint density at radius 3 is 3.00 bits per heavy atom. The summed E-state index contributed by atoms with van der Waals surface area (Å²) in [6.45, 7) is 0.533. The number of nitrogens with two attached hydrogens (primary N) is 1. The highest BCUT2D eigenvalue weighted by atomic mass is 16.5. The van der Waals surface area contributed by atoms with E-state index < -0.39 is 0 Å². The van der Waals surface area contributed by atoms with Gasteiger partial charge in [0.25, 0.3) is 0 Å². The van der Waals surface area contributed by atoms with E-state index in [9.17, 15) is 0 Å². The second kappa shape index (κ2) is 7.79. The molecule has 1 aliphatic rings. The molecule has 0 unspecified atom stereocenters. The minimum atomic E-state index is -0.105. The fourth-order valence-electron chi connectivity index (χ4n) is 3.05. The number of pyridine rings is 1. The molecule has 3 rings (SSSR count). The average Bonchev–Trinajstić information content (AvgIpc) is 2.62. The van der Waals surface area contributed by atoms with Crippen molar-refractivity contribution in [2.75, 3.05) is 20.3 Å². The maximum Gasteiger partial charge on any atom is 0.130 e. The lowest BCUT2D eigenvalue weighted by molar-refractivity contribution is -0.0839. The quantitative estimate of drug-likeness (QED) is 0.840. The molecule has 0 amide bonds. The number of aromatic nitrogens is 1. The second-order valence-electron chi connectivity index (χ2n) is 6.05. The third-order valence-corrected chi connectivity index (χ3v) is 4.41. The molecule has 1 aromatic carbocycles. The van der Waals surface area contributed by atoms with Crippen molar-refractivity contribution in [1.82, 2.24) is 4.98 Å². The van der Waals surface area contributed by atoms with Crippen molar-refractivity contribution in [3.8, 4) is 11.5 Å². The van der Waals surface area contributed by atoms with Gasteiger partial charge in [-0.3, -0.25) is 4.98 Å². The van der Waals surface area contributed by atoms with Crippen molar-refractivity contribution >= 4 is 10.9 Å². The molecule has 2 aromatic rings. The zero-order chi connectivity index (χ0) is 16.9. The van der Waals surface area contributed by atoms with Gasteiger partial charge in [0, 0.05) is 24.2 Å². The molecule has 1 aliphatic heterocycles. The van der Waals surface area contributed by atoms with Crippen LogP contribution in [-0.2, 0) is 4.74 Å². The van der Waals surface area contributed by atoms with Gasteiger partial charge in [-0.1, -0.05) is 0 Å². The number of hydrogen-bond donors (Lipinski definition) is 2. The van der Waals surface area contributed by atoms with E-state index >= 15 is 0 Å². The number of rotatable bonds is 6. The number of nitrogens with zero attached hydrogens (tertiary/aromatic N) is 1. The molecule has 1 saturated heterocycles. The van der Waals surface area contributed by atoms with Crippen LogP contribution in [0.25, 0.3) is 10.9 Å². The van der Waals surface area contributed by atoms with Gasteiger partial charge in [-0.05, 0) is 43.5 Å². The summed E-state index contributed by atoms with van der Waals surface area (Å²) in [5, 5.41) is 10.0. The van der Waals surface area contributed by atoms with Crippen LogP contribution in [0.5, 0.6) is 11.5 Å². The molecule has 6 nitrogen and oxygen atoms in total. The van der Waals surface area contributed by atoms with Crippen LogP contribution in [-0.4, -0.2) is 48.7 Å². The topological polar surface area (TPSA) is 86.8 Å². The smallest absolute Gasteiger partial charge is 0.130 e. The standard InChI is InChI=1S/C18H24N2O4/c1-22-12-3-5-16-14(10-12)17(6-8-20-16)23-11-13-2-4-15(19)18(24-13)7-9-21/h3,5-6,8,10,13,15,18,21H,2,4,7,9,11,19H2,1H3/t13-,15+,18+/m0/s1. The number of aliphatic hydroxyl groups excluding tert-OH is 1. The first-order valence-electron chi connectivity index (χ1n) is 8.28. The Labute approximate surface area is 141 Å². The molecular formula is C18H24N2O4. The third kappa shape index (κ3) is 3.77. The SMILES string of the molecule is COc1ccc2nccc(OC[C@@H]3CC[C@@H](N)[C@@H](CCO)O3)c2c1. The molecule has 6 heteroatoms. The fraction of sp³-hybridized carbons (Fsp3) is 0.500. The summed E-state index contributed by atoms with van der Waals surface area (Å²) in [5.74, 6) is 1.53. The summed E-state index contributed by atoms with van der Waals surface area (Å²) in [7, 11) is 1.64. The predicted molar refractivity (Wildman–Crippen MR) is 91.4 cm³/mol. The van der Waals surface area contributed by atoms with E-state index in [-0.39, 0.29) is 24.9 Å². The molecule has 2 heterocycles. The molecule has 0 saturated carbocycles. The van der Waals surface area contributed by atoms with Crippen LogP contribution in [0.1, 0.15) is 19.3 Å². The lowest BCUT2D eigenvalue weighted by atomic mass is 9.97. The van der Waals surface area contributed by atoms with Crippen LogP contribution >= 0.6 is 0 Å². The van der Waals surface area contributed by atoms with Gasteiger partial charge < -0.3 is 25.1 Å². The summed E-state index contributed by atoms with van der Waals surface area (Å²) < 4.78 is 17.2. The fourth-order valence-corrected chi connectivity index (χ4v) is 3.05. The van der Waals surface area contributed by atoms with Crippen LogP contribution < -0.4 is 15.2 Å². The number of aliphatic hydroxyl groups is 1. The zero-order valence-corrected chi connectivity index (χ0v) is 13.9. The maximum absolute atomic E-state index is 9.11. The average molecular weight is 332 g/mol. The van der Waals surface area contributed by atoms with Gasteiger partial charge in [0.2, 0.25) is 0 Å². The van der Waals surface area contributed by atoms with Gasteiger partial charge in [0.05, 0.1) is 24.8 Å². The molecule has 1 aromatic heterocycles. The summed E-state index contributed by atoms with van der Waals surface area (Å²) in [6.07, 6.45) is 3.91. The number of benzene rings is 1. The molecule has 3 atom stereocenters. The summed E-state index contributed by atoms with van der Waals surface area (Å²) >= 11 is 0. The van der Waals surface area contributed by atoms with Gasteiger partial charge in [0.15, 0.2) is 0 Å². The molecule has 24 heavy (non-hydrogen) atoms. The maximum atomic E-state index is 9.11. The molecule has 0 aliphatic carbocycles. The number of hydrogen-bond acceptors (Lipinski definition) is 6. The molecule has 0 spiro atoms. The Morgan fingerprint density at radius 2 is 2.21 bits per heavy atom. The van der Waals surface area contributed by atoms with Gasteiger partial charge in [0.1, 0.15) is 18.1 Å². The minimum Gasteiger partial charge on any atom is -0.497 e. The van der Waals surface area contributed by atoms with E-state index in [4.69, 9.17) is 25.1 Å². The van der Waals surface area contributed by atoms with Crippen LogP contribution in [0, 0.1) is 0 Å². The van der Waals surface area contributed by atoms with Crippen molar-refractivity contribution in [3.05, 3.63) is 30.5 Å². The number of methoxy groups -OCH3 is 1. The van der Waals surface area contributed by atoms with E-state index in [0.29, 0.717) is 13.0 Å². The molecule has 130 valence electrons. The van der Waals surface area contributed by atoms with Gasteiger partial charge in [-0.15, -0.1) is 0 Å². The van der Waals surface area contributed by atoms with E-state index in [0.717, 1.165) is 35.2 Å². The van der Waals surface area contributed by atoms with Crippen LogP contribution in [0.4, 0.5) is 0 Å².